The number of benzene rings is 5. The molecular weight excluding hydrogens is 472 g/mol. The number of hydrogen-bond donors (Lipinski definition) is 1. The molecule has 0 saturated heterocycles. The number of aromatic nitrogens is 2. The van der Waals surface area contributed by atoms with E-state index in [4.69, 9.17) is 0 Å². The highest BCUT2D eigenvalue weighted by Gasteiger charge is 2.51. The van der Waals surface area contributed by atoms with Crippen molar-refractivity contribution < 1.29 is 0 Å². The third-order valence-electron chi connectivity index (χ3n) is 8.75. The number of rotatable bonds is 3. The topological polar surface area (TPSA) is 20.7 Å². The first kappa shape index (κ1) is 22.2. The third kappa shape index (κ3) is 2.92. The number of nitrogens with one attached hydrogen (secondary N) is 1. The van der Waals surface area contributed by atoms with E-state index in [0.717, 1.165) is 0 Å². The summed E-state index contributed by atoms with van der Waals surface area (Å²) in [4.78, 5) is 4.00. The second kappa shape index (κ2) is 8.34. The lowest BCUT2D eigenvalue weighted by molar-refractivity contribution is 0.616. The molecule has 1 aliphatic carbocycles. The lowest BCUT2D eigenvalue weighted by Gasteiger charge is -2.42. The molecule has 2 heterocycles. The molecule has 1 N–H and O–H groups in total. The van der Waals surface area contributed by atoms with Crippen molar-refractivity contribution in [2.45, 2.75) is 11.3 Å². The molecule has 0 amide bonds. The lowest BCUT2D eigenvalue weighted by Crippen LogP contribution is -2.39. The van der Waals surface area contributed by atoms with Crippen LogP contribution in [0.5, 0.6) is 0 Å². The number of hydrogen-bond acceptors (Lipinski definition) is 0. The molecule has 8 rings (SSSR count). The fourth-order valence-corrected chi connectivity index (χ4v) is 7.27. The molecule has 0 spiro atoms. The Morgan fingerprint density at radius 2 is 1.10 bits per heavy atom. The minimum absolute atomic E-state index is 0.0963. The molecule has 1 unspecified atom stereocenters. The maximum Gasteiger partial charge on any atom is 0.101 e. The van der Waals surface area contributed by atoms with Gasteiger partial charge in [0.15, 0.2) is 0 Å². The van der Waals surface area contributed by atoms with E-state index in [-0.39, 0.29) is 5.92 Å². The van der Waals surface area contributed by atoms with E-state index in [1.807, 2.05) is 0 Å². The maximum atomic E-state index is 4.00. The summed E-state index contributed by atoms with van der Waals surface area (Å²) in [6, 6.07) is 50.9. The molecule has 39 heavy (non-hydrogen) atoms. The van der Waals surface area contributed by atoms with Crippen LogP contribution in [0, 0.1) is 0 Å². The molecule has 0 aliphatic heterocycles. The highest BCUT2D eigenvalue weighted by molar-refractivity contribution is 5.95. The molecule has 5 aromatic carbocycles. The zero-order chi connectivity index (χ0) is 26.0. The first-order valence-corrected chi connectivity index (χ1v) is 13.6. The van der Waals surface area contributed by atoms with Crippen LogP contribution in [0.1, 0.15) is 45.1 Å². The van der Waals surface area contributed by atoms with Gasteiger partial charge in [0.2, 0.25) is 0 Å². The molecule has 0 fully saturated rings. The number of fused-ring (bicyclic) bond motifs is 6. The number of para-hydroxylation sites is 2. The van der Waals surface area contributed by atoms with Crippen LogP contribution < -0.4 is 0 Å². The Kier molecular flexibility index (Phi) is 4.75. The maximum absolute atomic E-state index is 4.00. The fourth-order valence-electron chi connectivity index (χ4n) is 7.27. The van der Waals surface area contributed by atoms with Gasteiger partial charge in [-0.25, -0.2) is 0 Å². The van der Waals surface area contributed by atoms with E-state index in [1.54, 1.807) is 0 Å². The van der Waals surface area contributed by atoms with E-state index in [2.05, 4.69) is 156 Å². The van der Waals surface area contributed by atoms with E-state index < -0.39 is 5.41 Å². The van der Waals surface area contributed by atoms with Crippen LogP contribution in [0.2, 0.25) is 0 Å². The van der Waals surface area contributed by atoms with Crippen LogP contribution in [-0.4, -0.2) is 9.55 Å². The van der Waals surface area contributed by atoms with Gasteiger partial charge in [0.1, 0.15) is 5.41 Å². The Morgan fingerprint density at radius 3 is 1.77 bits per heavy atom. The number of H-pyrrole nitrogens is 1. The number of aromatic amines is 1. The Balaban J connectivity index is 1.66. The van der Waals surface area contributed by atoms with E-state index in [0.29, 0.717) is 0 Å². The minimum atomic E-state index is -0.523. The van der Waals surface area contributed by atoms with Crippen molar-refractivity contribution in [2.75, 3.05) is 0 Å². The Hall–Kier alpha value is -4.82. The molecule has 2 nitrogen and oxygen atoms in total. The largest absolute Gasteiger partial charge is 0.357 e. The summed E-state index contributed by atoms with van der Waals surface area (Å²) < 4.78 is 2.45. The first-order valence-electron chi connectivity index (χ1n) is 13.6. The quantitative estimate of drug-likeness (QED) is 0.251. The van der Waals surface area contributed by atoms with Gasteiger partial charge in [0.05, 0.1) is 0 Å². The first-order chi connectivity index (χ1) is 19.3. The number of nitrogens with zero attached hydrogens (tertiary/aromatic N) is 1. The summed E-state index contributed by atoms with van der Waals surface area (Å²) >= 11 is 0. The van der Waals surface area contributed by atoms with E-state index >= 15 is 0 Å². The van der Waals surface area contributed by atoms with Gasteiger partial charge in [-0.15, -0.1) is 0 Å². The molecule has 1 atom stereocenters. The third-order valence-corrected chi connectivity index (χ3v) is 8.75. The normalized spacial score (nSPS) is 15.8. The van der Waals surface area contributed by atoms with Crippen LogP contribution in [0.3, 0.4) is 0 Å². The van der Waals surface area contributed by atoms with Crippen LogP contribution >= 0.6 is 0 Å². The zero-order valence-corrected chi connectivity index (χ0v) is 21.8. The van der Waals surface area contributed by atoms with Crippen molar-refractivity contribution in [1.82, 2.24) is 9.55 Å². The van der Waals surface area contributed by atoms with Crippen molar-refractivity contribution in [1.29, 1.82) is 0 Å². The molecule has 186 valence electrons. The van der Waals surface area contributed by atoms with Crippen LogP contribution in [0.4, 0.5) is 0 Å². The second-order valence-electron chi connectivity index (χ2n) is 10.6. The van der Waals surface area contributed by atoms with Crippen LogP contribution in [0.25, 0.3) is 21.8 Å². The standard InChI is InChI=1S/C37H28N2/c1-39-31-24-14-12-22-29(31)34-32(25-15-5-2-6-16-25)33-28-21-11-13-23-30(28)38-35(33)37(36(34)39,26-17-7-3-8-18-26)27-19-9-4-10-20-27/h2-24,32,38H,1H3. The van der Waals surface area contributed by atoms with Crippen molar-refractivity contribution >= 4 is 21.8 Å². The molecular formula is C37H28N2. The van der Waals surface area contributed by atoms with Gasteiger partial charge < -0.3 is 9.55 Å². The van der Waals surface area contributed by atoms with Gasteiger partial charge in [-0.05, 0) is 39.9 Å². The monoisotopic (exact) mass is 500 g/mol. The predicted octanol–water partition coefficient (Wildman–Crippen LogP) is 8.54. The van der Waals surface area contributed by atoms with Gasteiger partial charge in [0, 0.05) is 46.2 Å². The number of aryl methyl sites for hydroxylation is 1. The van der Waals surface area contributed by atoms with Gasteiger partial charge in [-0.3, -0.25) is 0 Å². The highest BCUT2D eigenvalue weighted by atomic mass is 15.0. The van der Waals surface area contributed by atoms with Gasteiger partial charge in [-0.1, -0.05) is 127 Å². The van der Waals surface area contributed by atoms with Crippen molar-refractivity contribution in [3.8, 4) is 0 Å². The molecule has 7 aromatic rings. The molecule has 0 bridgehead atoms. The van der Waals surface area contributed by atoms with E-state index in [1.165, 1.54) is 61.0 Å². The molecule has 2 aromatic heterocycles. The van der Waals surface area contributed by atoms with Crippen molar-refractivity contribution in [3.05, 3.63) is 179 Å². The van der Waals surface area contributed by atoms with Crippen LogP contribution in [-0.2, 0) is 12.5 Å². The van der Waals surface area contributed by atoms with Crippen LogP contribution in [0.15, 0.2) is 140 Å². The van der Waals surface area contributed by atoms with E-state index in [9.17, 15) is 0 Å². The summed E-state index contributed by atoms with van der Waals surface area (Å²) in [5, 5.41) is 2.60. The average molecular weight is 501 g/mol. The lowest BCUT2D eigenvalue weighted by atomic mass is 9.60. The molecule has 2 heteroatoms. The Morgan fingerprint density at radius 1 is 0.564 bits per heavy atom. The Bertz CT molecular complexity index is 1920. The zero-order valence-electron chi connectivity index (χ0n) is 21.8. The predicted molar refractivity (Wildman–Crippen MR) is 160 cm³/mol. The van der Waals surface area contributed by atoms with Gasteiger partial charge in [0.25, 0.3) is 0 Å². The van der Waals surface area contributed by atoms with Gasteiger partial charge in [-0.2, -0.15) is 0 Å². The molecule has 0 radical (unpaired) electrons. The van der Waals surface area contributed by atoms with Crippen molar-refractivity contribution in [2.24, 2.45) is 7.05 Å². The highest BCUT2D eigenvalue weighted by Crippen LogP contribution is 2.58. The Labute approximate surface area is 228 Å². The summed E-state index contributed by atoms with van der Waals surface area (Å²) in [7, 11) is 2.25. The average Bonchev–Trinajstić information content (AvgIpc) is 3.54. The van der Waals surface area contributed by atoms with Gasteiger partial charge >= 0.3 is 0 Å². The fraction of sp³-hybridized carbons (Fsp3) is 0.0811. The smallest absolute Gasteiger partial charge is 0.101 e. The SMILES string of the molecule is Cn1c2c(c3ccccc31)C(c1ccccc1)c1c([nH]c3ccccc13)C2(c1ccccc1)c1ccccc1. The summed E-state index contributed by atoms with van der Waals surface area (Å²) in [5.41, 5.74) is 11.1. The molecule has 1 aliphatic rings. The summed E-state index contributed by atoms with van der Waals surface area (Å²) in [6.07, 6.45) is 0. The summed E-state index contributed by atoms with van der Waals surface area (Å²) in [6.45, 7) is 0. The summed E-state index contributed by atoms with van der Waals surface area (Å²) in [5.74, 6) is 0.0963. The minimum Gasteiger partial charge on any atom is -0.357 e. The van der Waals surface area contributed by atoms with Crippen molar-refractivity contribution in [3.63, 3.8) is 0 Å². The second-order valence-corrected chi connectivity index (χ2v) is 10.6. The molecule has 0 saturated carbocycles.